The van der Waals surface area contributed by atoms with Crippen molar-refractivity contribution in [2.75, 3.05) is 11.9 Å². The Morgan fingerprint density at radius 1 is 1.00 bits per heavy atom. The van der Waals surface area contributed by atoms with Crippen LogP contribution in [-0.4, -0.2) is 18.4 Å². The molecule has 0 saturated carbocycles. The molecule has 0 fully saturated rings. The summed E-state index contributed by atoms with van der Waals surface area (Å²) in [5.74, 6) is -0.729. The predicted octanol–water partition coefficient (Wildman–Crippen LogP) is 4.29. The number of amides is 2. The summed E-state index contributed by atoms with van der Waals surface area (Å²) in [6, 6.07) is 8.56. The first-order valence-corrected chi connectivity index (χ1v) is 8.14. The summed E-state index contributed by atoms with van der Waals surface area (Å²) in [5.41, 5.74) is 4.13. The molecule has 0 radical (unpaired) electrons. The monoisotopic (exact) mass is 364 g/mol. The Kier molecular flexibility index (Phi) is 5.86. The molecule has 0 aliphatic carbocycles. The molecular weight excluding hydrogens is 347 g/mol. The van der Waals surface area contributed by atoms with Gasteiger partial charge in [0.1, 0.15) is 0 Å². The number of hydrogen-bond donors (Lipinski definition) is 2. The van der Waals surface area contributed by atoms with Gasteiger partial charge in [-0.3, -0.25) is 9.59 Å². The standard InChI is InChI=1S/C18H18Cl2N2O2/c1-10-6-11(2)17(12(3)7-10)22-16(23)9-21-18(24)14-5-4-13(19)8-15(14)20/h4-8H,9H2,1-3H3,(H,21,24)(H,22,23). The van der Waals surface area contributed by atoms with Crippen molar-refractivity contribution in [2.24, 2.45) is 0 Å². The van der Waals surface area contributed by atoms with Gasteiger partial charge in [0.15, 0.2) is 0 Å². The van der Waals surface area contributed by atoms with Gasteiger partial charge in [-0.05, 0) is 50.1 Å². The molecular formula is C18H18Cl2N2O2. The van der Waals surface area contributed by atoms with Gasteiger partial charge in [0.05, 0.1) is 17.1 Å². The molecule has 2 aromatic rings. The van der Waals surface area contributed by atoms with Crippen LogP contribution in [0.15, 0.2) is 30.3 Å². The van der Waals surface area contributed by atoms with Gasteiger partial charge in [-0.1, -0.05) is 40.9 Å². The van der Waals surface area contributed by atoms with E-state index >= 15 is 0 Å². The summed E-state index contributed by atoms with van der Waals surface area (Å²) >= 11 is 11.8. The molecule has 0 bridgehead atoms. The fraction of sp³-hybridized carbons (Fsp3) is 0.222. The van der Waals surface area contributed by atoms with Crippen molar-refractivity contribution in [1.29, 1.82) is 0 Å². The minimum absolute atomic E-state index is 0.148. The molecule has 2 rings (SSSR count). The third-order valence-corrected chi connectivity index (χ3v) is 4.07. The van der Waals surface area contributed by atoms with E-state index in [-0.39, 0.29) is 23.0 Å². The highest BCUT2D eigenvalue weighted by Crippen LogP contribution is 2.22. The van der Waals surface area contributed by atoms with Crippen LogP contribution in [0, 0.1) is 20.8 Å². The molecule has 2 N–H and O–H groups in total. The fourth-order valence-corrected chi connectivity index (χ4v) is 2.98. The van der Waals surface area contributed by atoms with Gasteiger partial charge in [0.2, 0.25) is 5.91 Å². The molecule has 0 unspecified atom stereocenters. The van der Waals surface area contributed by atoms with Crippen LogP contribution in [0.2, 0.25) is 10.0 Å². The van der Waals surface area contributed by atoms with Crippen LogP contribution < -0.4 is 10.6 Å². The Hall–Kier alpha value is -2.04. The van der Waals surface area contributed by atoms with Crippen molar-refractivity contribution in [1.82, 2.24) is 5.32 Å². The molecule has 0 aliphatic heterocycles. The van der Waals surface area contributed by atoms with Crippen molar-refractivity contribution in [3.8, 4) is 0 Å². The van der Waals surface area contributed by atoms with Crippen LogP contribution >= 0.6 is 23.2 Å². The summed E-state index contributed by atoms with van der Waals surface area (Å²) in [6.45, 7) is 5.72. The maximum atomic E-state index is 12.1. The Labute approximate surface area is 151 Å². The summed E-state index contributed by atoms with van der Waals surface area (Å²) in [5, 5.41) is 6.06. The molecule has 2 amide bonds. The van der Waals surface area contributed by atoms with Crippen molar-refractivity contribution in [3.05, 3.63) is 62.6 Å². The van der Waals surface area contributed by atoms with Gasteiger partial charge in [-0.2, -0.15) is 0 Å². The maximum Gasteiger partial charge on any atom is 0.253 e. The van der Waals surface area contributed by atoms with E-state index in [0.29, 0.717) is 5.02 Å². The van der Waals surface area contributed by atoms with E-state index in [4.69, 9.17) is 23.2 Å². The highest BCUT2D eigenvalue weighted by molar-refractivity contribution is 6.36. The number of rotatable bonds is 4. The zero-order valence-electron chi connectivity index (χ0n) is 13.7. The largest absolute Gasteiger partial charge is 0.343 e. The number of carbonyl (C=O) groups excluding carboxylic acids is 2. The zero-order valence-corrected chi connectivity index (χ0v) is 15.2. The zero-order chi connectivity index (χ0) is 17.9. The molecule has 0 spiro atoms. The number of anilines is 1. The quantitative estimate of drug-likeness (QED) is 0.849. The fourth-order valence-electron chi connectivity index (χ4n) is 2.49. The number of aryl methyl sites for hydroxylation is 3. The van der Waals surface area contributed by atoms with Crippen LogP contribution in [0.5, 0.6) is 0 Å². The third-order valence-electron chi connectivity index (χ3n) is 3.53. The number of hydrogen-bond acceptors (Lipinski definition) is 2. The minimum atomic E-state index is -0.427. The second-order valence-corrected chi connectivity index (χ2v) is 6.47. The molecule has 0 heterocycles. The minimum Gasteiger partial charge on any atom is -0.343 e. The first kappa shape index (κ1) is 18.3. The van der Waals surface area contributed by atoms with Crippen LogP contribution in [0.4, 0.5) is 5.69 Å². The van der Waals surface area contributed by atoms with Gasteiger partial charge in [-0.15, -0.1) is 0 Å². The van der Waals surface area contributed by atoms with Crippen LogP contribution in [-0.2, 0) is 4.79 Å². The molecule has 0 atom stereocenters. The van der Waals surface area contributed by atoms with E-state index in [0.717, 1.165) is 22.4 Å². The molecule has 2 aromatic carbocycles. The molecule has 0 aromatic heterocycles. The predicted molar refractivity (Wildman–Crippen MR) is 98.1 cm³/mol. The summed E-state index contributed by atoms with van der Waals surface area (Å²) in [4.78, 5) is 24.2. The number of halogens is 2. The van der Waals surface area contributed by atoms with Crippen molar-refractivity contribution < 1.29 is 9.59 Å². The Balaban J connectivity index is 2.00. The second-order valence-electron chi connectivity index (χ2n) is 5.63. The lowest BCUT2D eigenvalue weighted by atomic mass is 10.1. The average molecular weight is 365 g/mol. The Morgan fingerprint density at radius 3 is 2.21 bits per heavy atom. The maximum absolute atomic E-state index is 12.1. The van der Waals surface area contributed by atoms with Crippen LogP contribution in [0.3, 0.4) is 0 Å². The lowest BCUT2D eigenvalue weighted by Crippen LogP contribution is -2.33. The highest BCUT2D eigenvalue weighted by atomic mass is 35.5. The summed E-state index contributed by atoms with van der Waals surface area (Å²) < 4.78 is 0. The molecule has 0 aliphatic rings. The smallest absolute Gasteiger partial charge is 0.253 e. The van der Waals surface area contributed by atoms with Gasteiger partial charge in [0, 0.05) is 10.7 Å². The van der Waals surface area contributed by atoms with Crippen LogP contribution in [0.25, 0.3) is 0 Å². The van der Waals surface area contributed by atoms with E-state index in [9.17, 15) is 9.59 Å². The summed E-state index contributed by atoms with van der Waals surface area (Å²) in [7, 11) is 0. The Morgan fingerprint density at radius 2 is 1.62 bits per heavy atom. The second kappa shape index (κ2) is 7.69. The van der Waals surface area contributed by atoms with E-state index in [1.807, 2.05) is 32.9 Å². The van der Waals surface area contributed by atoms with Crippen LogP contribution in [0.1, 0.15) is 27.0 Å². The van der Waals surface area contributed by atoms with Gasteiger partial charge >= 0.3 is 0 Å². The number of benzene rings is 2. The van der Waals surface area contributed by atoms with Gasteiger partial charge < -0.3 is 10.6 Å². The van der Waals surface area contributed by atoms with E-state index < -0.39 is 5.91 Å². The molecule has 4 nitrogen and oxygen atoms in total. The Bertz CT molecular complexity index is 781. The van der Waals surface area contributed by atoms with E-state index in [1.165, 1.54) is 12.1 Å². The molecule has 6 heteroatoms. The van der Waals surface area contributed by atoms with E-state index in [1.54, 1.807) is 6.07 Å². The molecule has 126 valence electrons. The highest BCUT2D eigenvalue weighted by Gasteiger charge is 2.13. The third kappa shape index (κ3) is 4.49. The van der Waals surface area contributed by atoms with E-state index in [2.05, 4.69) is 10.6 Å². The van der Waals surface area contributed by atoms with Crippen molar-refractivity contribution >= 4 is 40.7 Å². The molecule has 24 heavy (non-hydrogen) atoms. The van der Waals surface area contributed by atoms with Gasteiger partial charge in [-0.25, -0.2) is 0 Å². The first-order valence-electron chi connectivity index (χ1n) is 7.39. The first-order chi connectivity index (χ1) is 11.3. The average Bonchev–Trinajstić information content (AvgIpc) is 2.48. The normalized spacial score (nSPS) is 10.4. The topological polar surface area (TPSA) is 58.2 Å². The van der Waals surface area contributed by atoms with Gasteiger partial charge in [0.25, 0.3) is 5.91 Å². The lowest BCUT2D eigenvalue weighted by Gasteiger charge is -2.13. The number of nitrogens with one attached hydrogen (secondary N) is 2. The number of carbonyl (C=O) groups is 2. The SMILES string of the molecule is Cc1cc(C)c(NC(=O)CNC(=O)c2ccc(Cl)cc2Cl)c(C)c1. The summed E-state index contributed by atoms with van der Waals surface area (Å²) in [6.07, 6.45) is 0. The van der Waals surface area contributed by atoms with Crippen molar-refractivity contribution in [3.63, 3.8) is 0 Å². The van der Waals surface area contributed by atoms with Crippen molar-refractivity contribution in [2.45, 2.75) is 20.8 Å². The molecule has 0 saturated heterocycles. The lowest BCUT2D eigenvalue weighted by molar-refractivity contribution is -0.115.